The number of hydrogen-bond acceptors (Lipinski definition) is 5. The molecule has 0 aliphatic rings. The van der Waals surface area contributed by atoms with Crippen LogP contribution in [0.3, 0.4) is 0 Å². The van der Waals surface area contributed by atoms with Gasteiger partial charge in [0, 0.05) is 12.6 Å². The van der Waals surface area contributed by atoms with Crippen molar-refractivity contribution >= 4 is 16.0 Å². The van der Waals surface area contributed by atoms with E-state index in [9.17, 15) is 13.2 Å². The van der Waals surface area contributed by atoms with Gasteiger partial charge >= 0.3 is 5.97 Å². The highest BCUT2D eigenvalue weighted by molar-refractivity contribution is 7.89. The van der Waals surface area contributed by atoms with Crippen LogP contribution in [0.15, 0.2) is 0 Å². The summed E-state index contributed by atoms with van der Waals surface area (Å²) in [5, 5.41) is 0. The zero-order valence-corrected chi connectivity index (χ0v) is 10.7. The van der Waals surface area contributed by atoms with Crippen molar-refractivity contribution in [2.24, 2.45) is 11.7 Å². The summed E-state index contributed by atoms with van der Waals surface area (Å²) in [6.07, 6.45) is -0.152. The third-order valence-electron chi connectivity index (χ3n) is 2.19. The van der Waals surface area contributed by atoms with Crippen molar-refractivity contribution in [2.45, 2.75) is 26.3 Å². The van der Waals surface area contributed by atoms with E-state index < -0.39 is 16.0 Å². The maximum absolute atomic E-state index is 11.6. The lowest BCUT2D eigenvalue weighted by Crippen LogP contribution is -2.44. The lowest BCUT2D eigenvalue weighted by Gasteiger charge is -2.20. The average Bonchev–Trinajstić information content (AvgIpc) is 2.22. The molecule has 3 N–H and O–H groups in total. The molecule has 0 radical (unpaired) electrons. The fourth-order valence-electron chi connectivity index (χ4n) is 1.07. The molecule has 0 bridgehead atoms. The summed E-state index contributed by atoms with van der Waals surface area (Å²) in [5.74, 6) is -0.708. The molecular weight excluding hydrogens is 232 g/mol. The van der Waals surface area contributed by atoms with Gasteiger partial charge in [-0.05, 0) is 5.92 Å². The van der Waals surface area contributed by atoms with Crippen molar-refractivity contribution in [2.75, 3.05) is 19.4 Å². The van der Waals surface area contributed by atoms with Gasteiger partial charge in [0.25, 0.3) is 0 Å². The van der Waals surface area contributed by atoms with Gasteiger partial charge in [0.2, 0.25) is 10.0 Å². The molecule has 0 rings (SSSR count). The molecular formula is C9H20N2O4S. The highest BCUT2D eigenvalue weighted by atomic mass is 32.2. The average molecular weight is 252 g/mol. The normalized spacial score (nSPS) is 13.8. The number of carbonyl (C=O) groups is 1. The minimum absolute atomic E-state index is 0.109. The van der Waals surface area contributed by atoms with Gasteiger partial charge in [-0.25, -0.2) is 13.1 Å². The van der Waals surface area contributed by atoms with Crippen LogP contribution in [0.1, 0.15) is 20.3 Å². The van der Waals surface area contributed by atoms with E-state index in [1.54, 1.807) is 0 Å². The third kappa shape index (κ3) is 6.04. The summed E-state index contributed by atoms with van der Waals surface area (Å²) < 4.78 is 29.9. The van der Waals surface area contributed by atoms with Crippen LogP contribution in [0.2, 0.25) is 0 Å². The van der Waals surface area contributed by atoms with E-state index in [0.29, 0.717) is 0 Å². The number of methoxy groups -OCH3 is 1. The molecule has 0 aromatic carbocycles. The van der Waals surface area contributed by atoms with Crippen LogP contribution in [0.4, 0.5) is 0 Å². The SMILES string of the molecule is COC(=O)CCS(=O)(=O)NC(CN)C(C)C. The zero-order valence-electron chi connectivity index (χ0n) is 9.89. The van der Waals surface area contributed by atoms with Gasteiger partial charge in [-0.1, -0.05) is 13.8 Å². The van der Waals surface area contributed by atoms with E-state index >= 15 is 0 Å². The van der Waals surface area contributed by atoms with Crippen molar-refractivity contribution in [3.8, 4) is 0 Å². The summed E-state index contributed by atoms with van der Waals surface area (Å²) in [6, 6.07) is -0.303. The lowest BCUT2D eigenvalue weighted by atomic mass is 10.1. The molecule has 1 atom stereocenters. The highest BCUT2D eigenvalue weighted by Crippen LogP contribution is 2.02. The number of hydrogen-bond donors (Lipinski definition) is 2. The molecule has 96 valence electrons. The maximum atomic E-state index is 11.6. The van der Waals surface area contributed by atoms with Gasteiger partial charge in [-0.2, -0.15) is 0 Å². The predicted octanol–water partition coefficient (Wildman–Crippen LogP) is -0.548. The van der Waals surface area contributed by atoms with E-state index in [2.05, 4.69) is 9.46 Å². The fraction of sp³-hybridized carbons (Fsp3) is 0.889. The quantitative estimate of drug-likeness (QED) is 0.592. The van der Waals surface area contributed by atoms with Crippen LogP contribution in [0.25, 0.3) is 0 Å². The Morgan fingerprint density at radius 2 is 2.00 bits per heavy atom. The van der Waals surface area contributed by atoms with Crippen LogP contribution >= 0.6 is 0 Å². The summed E-state index contributed by atoms with van der Waals surface area (Å²) in [7, 11) is -2.25. The maximum Gasteiger partial charge on any atom is 0.306 e. The molecule has 0 saturated heterocycles. The third-order valence-corrected chi connectivity index (χ3v) is 3.60. The van der Waals surface area contributed by atoms with Crippen molar-refractivity contribution < 1.29 is 17.9 Å². The molecule has 0 spiro atoms. The number of sulfonamides is 1. The number of carbonyl (C=O) groups excluding carboxylic acids is 1. The van der Waals surface area contributed by atoms with Crippen molar-refractivity contribution in [3.05, 3.63) is 0 Å². The number of nitrogens with one attached hydrogen (secondary N) is 1. The Morgan fingerprint density at radius 1 is 1.44 bits per heavy atom. The Labute approximate surface area is 96.6 Å². The summed E-state index contributed by atoms with van der Waals surface area (Å²) in [6.45, 7) is 3.98. The number of esters is 1. The lowest BCUT2D eigenvalue weighted by molar-refractivity contribution is -0.140. The summed E-state index contributed by atoms with van der Waals surface area (Å²) in [4.78, 5) is 10.8. The summed E-state index contributed by atoms with van der Waals surface area (Å²) in [5.41, 5.74) is 5.44. The largest absolute Gasteiger partial charge is 0.469 e. The van der Waals surface area contributed by atoms with Gasteiger partial charge < -0.3 is 10.5 Å². The molecule has 0 saturated carbocycles. The Balaban J connectivity index is 4.28. The molecule has 1 unspecified atom stereocenters. The first-order valence-corrected chi connectivity index (χ1v) is 6.74. The minimum Gasteiger partial charge on any atom is -0.469 e. The van der Waals surface area contributed by atoms with Crippen LogP contribution in [-0.2, 0) is 19.6 Å². The molecule has 0 aromatic heterocycles. The van der Waals surface area contributed by atoms with E-state index in [4.69, 9.17) is 5.73 Å². The number of nitrogens with two attached hydrogens (primary N) is 1. The molecule has 7 heteroatoms. The zero-order chi connectivity index (χ0) is 12.8. The second-order valence-corrected chi connectivity index (χ2v) is 5.72. The fourth-order valence-corrected chi connectivity index (χ4v) is 2.45. The van der Waals surface area contributed by atoms with Crippen molar-refractivity contribution in [1.82, 2.24) is 4.72 Å². The van der Waals surface area contributed by atoms with Crippen LogP contribution in [0.5, 0.6) is 0 Å². The Bertz CT molecular complexity index is 313. The monoisotopic (exact) mass is 252 g/mol. The van der Waals surface area contributed by atoms with Crippen LogP contribution in [-0.4, -0.2) is 39.8 Å². The standard InChI is InChI=1S/C9H20N2O4S/c1-7(2)8(6-10)11-16(13,14)5-4-9(12)15-3/h7-8,11H,4-6,10H2,1-3H3. The molecule has 0 aliphatic carbocycles. The topological polar surface area (TPSA) is 98.5 Å². The number of rotatable bonds is 7. The Kier molecular flexibility index (Phi) is 6.54. The summed E-state index contributed by atoms with van der Waals surface area (Å²) >= 11 is 0. The first-order chi connectivity index (χ1) is 7.32. The van der Waals surface area contributed by atoms with Gasteiger partial charge in [0.05, 0.1) is 19.3 Å². The van der Waals surface area contributed by atoms with Crippen molar-refractivity contribution in [3.63, 3.8) is 0 Å². The van der Waals surface area contributed by atoms with Gasteiger partial charge in [0.15, 0.2) is 0 Å². The molecule has 0 fully saturated rings. The number of ether oxygens (including phenoxy) is 1. The molecule has 0 aliphatic heterocycles. The molecule has 0 aromatic rings. The van der Waals surface area contributed by atoms with Crippen LogP contribution < -0.4 is 10.5 Å². The van der Waals surface area contributed by atoms with E-state index in [1.165, 1.54) is 7.11 Å². The smallest absolute Gasteiger partial charge is 0.306 e. The second-order valence-electron chi connectivity index (χ2n) is 3.85. The van der Waals surface area contributed by atoms with Gasteiger partial charge in [-0.3, -0.25) is 4.79 Å². The second kappa shape index (κ2) is 6.82. The van der Waals surface area contributed by atoms with Crippen molar-refractivity contribution in [1.29, 1.82) is 0 Å². The molecule has 0 amide bonds. The minimum atomic E-state index is -3.47. The predicted molar refractivity (Wildman–Crippen MR) is 61.2 cm³/mol. The first-order valence-electron chi connectivity index (χ1n) is 5.09. The first kappa shape index (κ1) is 15.3. The molecule has 0 heterocycles. The van der Waals surface area contributed by atoms with Gasteiger partial charge in [-0.15, -0.1) is 0 Å². The molecule has 16 heavy (non-hydrogen) atoms. The molecule has 6 nitrogen and oxygen atoms in total. The van der Waals surface area contributed by atoms with Crippen LogP contribution in [0, 0.1) is 5.92 Å². The van der Waals surface area contributed by atoms with E-state index in [0.717, 1.165) is 0 Å². The Morgan fingerprint density at radius 3 is 2.38 bits per heavy atom. The van der Waals surface area contributed by atoms with Gasteiger partial charge in [0.1, 0.15) is 0 Å². The Hall–Kier alpha value is -0.660. The van der Waals surface area contributed by atoms with E-state index in [1.807, 2.05) is 13.8 Å². The van der Waals surface area contributed by atoms with E-state index in [-0.39, 0.29) is 30.7 Å². The highest BCUT2D eigenvalue weighted by Gasteiger charge is 2.20.